The summed E-state index contributed by atoms with van der Waals surface area (Å²) >= 11 is 5.97. The first-order valence-corrected chi connectivity index (χ1v) is 10.5. The van der Waals surface area contributed by atoms with Crippen LogP contribution in [-0.4, -0.2) is 38.9 Å². The monoisotopic (exact) mass is 483 g/mol. The molecule has 14 heteroatoms. The summed E-state index contributed by atoms with van der Waals surface area (Å²) in [5.41, 5.74) is -2.06. The van der Waals surface area contributed by atoms with Crippen molar-refractivity contribution in [3.05, 3.63) is 39.9 Å². The van der Waals surface area contributed by atoms with Gasteiger partial charge in [-0.1, -0.05) is 11.6 Å². The number of aryl methyl sites for hydroxylation is 1. The Bertz CT molecular complexity index is 1100. The lowest BCUT2D eigenvalue weighted by Gasteiger charge is -2.14. The van der Waals surface area contributed by atoms with Crippen molar-refractivity contribution < 1.29 is 40.9 Å². The second-order valence-corrected chi connectivity index (χ2v) is 7.62. The first-order chi connectivity index (χ1) is 14.4. The molecule has 0 radical (unpaired) electrons. The lowest BCUT2D eigenvalue weighted by molar-refractivity contribution is -0.139. The average molecular weight is 484 g/mol. The van der Waals surface area contributed by atoms with Gasteiger partial charge in [-0.05, 0) is 26.0 Å². The van der Waals surface area contributed by atoms with Crippen LogP contribution in [-0.2, 0) is 26.4 Å². The molecular weight excluding hydrogens is 467 g/mol. The molecule has 1 heterocycles. The van der Waals surface area contributed by atoms with Gasteiger partial charge in [0.1, 0.15) is 0 Å². The number of nitrogens with zero attached hydrogens (tertiary/aromatic N) is 3. The molecule has 0 aliphatic heterocycles. The van der Waals surface area contributed by atoms with E-state index in [0.29, 0.717) is 6.07 Å². The van der Waals surface area contributed by atoms with E-state index in [-0.39, 0.29) is 12.5 Å². The number of rotatable bonds is 5. The number of amides is 1. The Balaban J connectivity index is 2.52. The molecule has 0 aliphatic rings. The third-order valence-corrected chi connectivity index (χ3v) is 5.18. The minimum Gasteiger partial charge on any atom is -0.435 e. The number of hydrogen-bond acceptors (Lipinski definition) is 7. The minimum absolute atomic E-state index is 0.0553. The molecule has 31 heavy (non-hydrogen) atoms. The zero-order valence-corrected chi connectivity index (χ0v) is 18.2. The van der Waals surface area contributed by atoms with Crippen molar-refractivity contribution in [1.29, 1.82) is 0 Å². The largest absolute Gasteiger partial charge is 0.510 e. The van der Waals surface area contributed by atoms with Crippen LogP contribution < -0.4 is 5.68 Å². The van der Waals surface area contributed by atoms with Crippen molar-refractivity contribution in [1.82, 2.24) is 9.78 Å². The van der Waals surface area contributed by atoms with E-state index < -0.39 is 62.0 Å². The number of carbonyl (C=O) groups excluding carboxylic acids is 2. The van der Waals surface area contributed by atoms with E-state index in [2.05, 4.69) is 14.8 Å². The van der Waals surface area contributed by atoms with Crippen LogP contribution in [0.5, 0.6) is 0 Å². The fraction of sp³-hybridized carbons (Fsp3) is 0.412. The molecule has 1 aromatic carbocycles. The molecular formula is C17H17ClF3N3O6S. The molecule has 0 aliphatic carbocycles. The van der Waals surface area contributed by atoms with E-state index in [1.54, 1.807) is 6.92 Å². The van der Waals surface area contributed by atoms with Crippen molar-refractivity contribution in [2.24, 2.45) is 4.99 Å². The highest BCUT2D eigenvalue weighted by molar-refractivity contribution is 7.84. The molecule has 0 spiro atoms. The summed E-state index contributed by atoms with van der Waals surface area (Å²) in [6, 6.07) is 1.41. The fourth-order valence-electron chi connectivity index (χ4n) is 2.42. The van der Waals surface area contributed by atoms with Crippen LogP contribution in [0.15, 0.2) is 26.4 Å². The van der Waals surface area contributed by atoms with E-state index in [9.17, 15) is 27.0 Å². The van der Waals surface area contributed by atoms with Gasteiger partial charge in [0.25, 0.3) is 5.91 Å². The summed E-state index contributed by atoms with van der Waals surface area (Å²) in [5.74, 6) is -1.03. The van der Waals surface area contributed by atoms with Gasteiger partial charge in [0.15, 0.2) is 0 Å². The normalized spacial score (nSPS) is 14.3. The van der Waals surface area contributed by atoms with Crippen molar-refractivity contribution in [2.45, 2.75) is 38.1 Å². The van der Waals surface area contributed by atoms with Crippen LogP contribution in [0.25, 0.3) is 0 Å². The first-order valence-electron chi connectivity index (χ1n) is 8.58. The molecule has 9 nitrogen and oxygen atoms in total. The van der Waals surface area contributed by atoms with Crippen molar-refractivity contribution in [3.8, 4) is 0 Å². The molecule has 2 atom stereocenters. The number of alkyl halides is 3. The van der Waals surface area contributed by atoms with E-state index >= 15 is 0 Å². The molecule has 1 aromatic heterocycles. The maximum atomic E-state index is 13.2. The molecule has 2 aromatic rings. The van der Waals surface area contributed by atoms with E-state index in [4.69, 9.17) is 20.8 Å². The SMILES string of the molecule is CCOC(=O)OC(C)n1nc(C)oc1=NC(=O)c1ccc(C(F)(F)F)c(S(C)=O)c1Cl. The molecule has 2 unspecified atom stereocenters. The van der Waals surface area contributed by atoms with Gasteiger partial charge in [-0.25, -0.2) is 4.79 Å². The maximum absolute atomic E-state index is 13.2. The third-order valence-electron chi connectivity index (χ3n) is 3.67. The molecule has 170 valence electrons. The molecule has 0 N–H and O–H groups in total. The quantitative estimate of drug-likeness (QED) is 0.597. The number of benzene rings is 1. The predicted molar refractivity (Wildman–Crippen MR) is 101 cm³/mol. The Morgan fingerprint density at radius 2 is 2.03 bits per heavy atom. The van der Waals surface area contributed by atoms with Gasteiger partial charge < -0.3 is 13.9 Å². The van der Waals surface area contributed by atoms with Crippen LogP contribution in [0.2, 0.25) is 5.02 Å². The van der Waals surface area contributed by atoms with Crippen molar-refractivity contribution in [3.63, 3.8) is 0 Å². The zero-order chi connectivity index (χ0) is 23.5. The highest BCUT2D eigenvalue weighted by Crippen LogP contribution is 2.38. The molecule has 1 amide bonds. The summed E-state index contributed by atoms with van der Waals surface area (Å²) in [5, 5.41) is 3.28. The molecule has 2 rings (SSSR count). The Labute approximate surface area is 181 Å². The lowest BCUT2D eigenvalue weighted by atomic mass is 10.1. The Morgan fingerprint density at radius 1 is 1.39 bits per heavy atom. The van der Waals surface area contributed by atoms with Crippen LogP contribution in [0.4, 0.5) is 18.0 Å². The second kappa shape index (κ2) is 9.64. The number of halogens is 4. The van der Waals surface area contributed by atoms with Gasteiger partial charge in [-0.3, -0.25) is 9.00 Å². The summed E-state index contributed by atoms with van der Waals surface area (Å²) in [7, 11) is -2.15. The molecule has 0 saturated carbocycles. The molecule has 0 bridgehead atoms. The van der Waals surface area contributed by atoms with Gasteiger partial charge >= 0.3 is 18.0 Å². The van der Waals surface area contributed by atoms with Gasteiger partial charge in [0.05, 0.1) is 38.5 Å². The first kappa shape index (κ1) is 24.6. The Kier molecular flexibility index (Phi) is 7.65. The lowest BCUT2D eigenvalue weighted by Crippen LogP contribution is -2.26. The van der Waals surface area contributed by atoms with E-state index in [0.717, 1.165) is 17.0 Å². The highest BCUT2D eigenvalue weighted by atomic mass is 35.5. The summed E-state index contributed by atoms with van der Waals surface area (Å²) in [6.45, 7) is 4.47. The number of hydrogen-bond donors (Lipinski definition) is 0. The standard InChI is InChI=1S/C17H17ClF3N3O6S/c1-5-28-16(26)30-9(3)24-15(29-8(2)23-24)22-14(25)10-6-7-11(17(19,20)21)13(12(10)18)31(4)27/h6-7,9H,5H2,1-4H3. The Hall–Kier alpha value is -2.67. The maximum Gasteiger partial charge on any atom is 0.510 e. The second-order valence-electron chi connectivity index (χ2n) is 5.92. The van der Waals surface area contributed by atoms with Crippen LogP contribution in [0.3, 0.4) is 0 Å². The van der Waals surface area contributed by atoms with Gasteiger partial charge in [0.2, 0.25) is 12.1 Å². The molecule has 0 fully saturated rings. The van der Waals surface area contributed by atoms with Gasteiger partial charge in [-0.15, -0.1) is 5.10 Å². The van der Waals surface area contributed by atoms with Crippen molar-refractivity contribution in [2.75, 3.05) is 12.9 Å². The molecule has 0 saturated heterocycles. The third kappa shape index (κ3) is 5.73. The summed E-state index contributed by atoms with van der Waals surface area (Å²) < 4.78 is 67.2. The average Bonchev–Trinajstić information content (AvgIpc) is 3.00. The number of ether oxygens (including phenoxy) is 2. The zero-order valence-electron chi connectivity index (χ0n) is 16.7. The highest BCUT2D eigenvalue weighted by Gasteiger charge is 2.36. The van der Waals surface area contributed by atoms with Crippen LogP contribution in [0.1, 0.15) is 41.9 Å². The topological polar surface area (TPSA) is 113 Å². The van der Waals surface area contributed by atoms with E-state index in [1.165, 1.54) is 13.8 Å². The summed E-state index contributed by atoms with van der Waals surface area (Å²) in [6.07, 6.45) is -5.91. The number of carbonyl (C=O) groups is 2. The van der Waals surface area contributed by atoms with Crippen LogP contribution in [0, 0.1) is 6.92 Å². The summed E-state index contributed by atoms with van der Waals surface area (Å²) in [4.78, 5) is 27.0. The van der Waals surface area contributed by atoms with Gasteiger partial charge in [0, 0.05) is 13.2 Å². The van der Waals surface area contributed by atoms with Crippen molar-refractivity contribution >= 4 is 34.5 Å². The number of aromatic nitrogens is 2. The smallest absolute Gasteiger partial charge is 0.435 e. The van der Waals surface area contributed by atoms with Crippen LogP contribution >= 0.6 is 11.6 Å². The Morgan fingerprint density at radius 3 is 2.58 bits per heavy atom. The minimum atomic E-state index is -4.83. The van der Waals surface area contributed by atoms with E-state index in [1.807, 2.05) is 0 Å². The fourth-order valence-corrected chi connectivity index (χ4v) is 3.85. The van der Waals surface area contributed by atoms with Gasteiger partial charge in [-0.2, -0.15) is 22.8 Å². The predicted octanol–water partition coefficient (Wildman–Crippen LogP) is 3.63.